The fourth-order valence-corrected chi connectivity index (χ4v) is 3.23. The highest BCUT2D eigenvalue weighted by atomic mass is 32.2. The highest BCUT2D eigenvalue weighted by molar-refractivity contribution is 8.18. The number of nitrogens with zero attached hydrogens (tertiary/aromatic N) is 1. The Morgan fingerprint density at radius 3 is 2.70 bits per heavy atom. The lowest BCUT2D eigenvalue weighted by Crippen LogP contribution is -2.19. The van der Waals surface area contributed by atoms with Crippen LogP contribution in [0.3, 0.4) is 0 Å². The Labute approximate surface area is 159 Å². The molecule has 1 aliphatic heterocycles. The van der Waals surface area contributed by atoms with Crippen LogP contribution in [0.25, 0.3) is 6.08 Å². The summed E-state index contributed by atoms with van der Waals surface area (Å²) in [5.41, 5.74) is 1.27. The number of rotatable bonds is 5. The van der Waals surface area contributed by atoms with E-state index in [9.17, 15) is 9.59 Å². The lowest BCUT2D eigenvalue weighted by molar-refractivity contribution is -0.115. The zero-order valence-corrected chi connectivity index (χ0v) is 15.4. The molecule has 8 heteroatoms. The van der Waals surface area contributed by atoms with Crippen molar-refractivity contribution in [2.45, 2.75) is 0 Å². The largest absolute Gasteiger partial charge is 0.497 e. The molecule has 1 saturated heterocycles. The van der Waals surface area contributed by atoms with Crippen molar-refractivity contribution in [3.05, 3.63) is 58.5 Å². The molecule has 1 aliphatic rings. The van der Waals surface area contributed by atoms with Crippen LogP contribution < -0.4 is 14.8 Å². The second-order valence-electron chi connectivity index (χ2n) is 5.45. The molecular formula is C19H16N2O5S. The minimum atomic E-state index is -1.04. The number of hydrogen-bond donors (Lipinski definition) is 2. The van der Waals surface area contributed by atoms with E-state index in [2.05, 4.69) is 10.3 Å². The van der Waals surface area contributed by atoms with Gasteiger partial charge in [-0.2, -0.15) is 0 Å². The van der Waals surface area contributed by atoms with Gasteiger partial charge >= 0.3 is 5.97 Å². The second-order valence-corrected chi connectivity index (χ2v) is 6.48. The molecule has 0 aromatic heterocycles. The van der Waals surface area contributed by atoms with Crippen LogP contribution in [0.1, 0.15) is 15.9 Å². The number of hydrogen-bond acceptors (Lipinski definition) is 6. The normalized spacial score (nSPS) is 16.4. The first-order chi connectivity index (χ1) is 13.0. The van der Waals surface area contributed by atoms with E-state index >= 15 is 0 Å². The minimum absolute atomic E-state index is 0.128. The first kappa shape index (κ1) is 18.5. The van der Waals surface area contributed by atoms with Gasteiger partial charge in [-0.05, 0) is 54.2 Å². The molecule has 0 radical (unpaired) electrons. The average molecular weight is 384 g/mol. The molecule has 2 aromatic carbocycles. The van der Waals surface area contributed by atoms with Crippen LogP contribution in [0.5, 0.6) is 11.5 Å². The van der Waals surface area contributed by atoms with Crippen LogP contribution in [0.2, 0.25) is 0 Å². The lowest BCUT2D eigenvalue weighted by atomic mass is 10.1. The summed E-state index contributed by atoms with van der Waals surface area (Å²) in [6.07, 6.45) is 1.69. The molecule has 0 aliphatic carbocycles. The number of aromatic carboxylic acids is 1. The number of carboxylic acid groups (broad SMARTS) is 1. The van der Waals surface area contributed by atoms with Crippen molar-refractivity contribution >= 4 is 40.6 Å². The zero-order valence-electron chi connectivity index (χ0n) is 14.6. The third-order valence-electron chi connectivity index (χ3n) is 3.70. The predicted molar refractivity (Wildman–Crippen MR) is 104 cm³/mol. The molecule has 0 saturated carbocycles. The van der Waals surface area contributed by atoms with Crippen molar-refractivity contribution in [2.24, 2.45) is 4.99 Å². The average Bonchev–Trinajstić information content (AvgIpc) is 3.00. The number of carboxylic acids is 1. The number of amidine groups is 1. The van der Waals surface area contributed by atoms with E-state index < -0.39 is 5.97 Å². The van der Waals surface area contributed by atoms with Crippen LogP contribution in [0.15, 0.2) is 52.4 Å². The van der Waals surface area contributed by atoms with Crippen LogP contribution in [-0.2, 0) is 4.79 Å². The topological polar surface area (TPSA) is 97.2 Å². The number of carbonyl (C=O) groups is 2. The molecule has 0 unspecified atom stereocenters. The van der Waals surface area contributed by atoms with Gasteiger partial charge in [0.15, 0.2) is 5.17 Å². The van der Waals surface area contributed by atoms with Gasteiger partial charge in [0, 0.05) is 5.56 Å². The van der Waals surface area contributed by atoms with Crippen molar-refractivity contribution in [2.75, 3.05) is 14.2 Å². The van der Waals surface area contributed by atoms with E-state index in [1.165, 1.54) is 12.1 Å². The lowest BCUT2D eigenvalue weighted by Gasteiger charge is -2.07. The van der Waals surface area contributed by atoms with Crippen LogP contribution >= 0.6 is 11.8 Å². The maximum Gasteiger partial charge on any atom is 0.335 e. The molecule has 1 fully saturated rings. The molecule has 0 atom stereocenters. The number of methoxy groups -OCH3 is 2. The third-order valence-corrected chi connectivity index (χ3v) is 4.61. The van der Waals surface area contributed by atoms with Gasteiger partial charge in [-0.1, -0.05) is 6.07 Å². The van der Waals surface area contributed by atoms with Crippen molar-refractivity contribution in [1.29, 1.82) is 0 Å². The van der Waals surface area contributed by atoms with Crippen molar-refractivity contribution < 1.29 is 24.2 Å². The molecule has 0 bridgehead atoms. The standard InChI is InChI=1S/C19H16N2O5S/c1-25-14-6-7-15(26-2)12(9-14)10-16-17(22)21-19(27-16)20-13-5-3-4-11(8-13)18(23)24/h3-10H,1-2H3,(H,23,24)(H,20,21,22)/b16-10-. The molecule has 138 valence electrons. The van der Waals surface area contributed by atoms with Crippen LogP contribution in [-0.4, -0.2) is 36.4 Å². The summed E-state index contributed by atoms with van der Waals surface area (Å²) in [7, 11) is 3.11. The van der Waals surface area contributed by atoms with Crippen molar-refractivity contribution in [1.82, 2.24) is 5.32 Å². The Bertz CT molecular complexity index is 968. The summed E-state index contributed by atoms with van der Waals surface area (Å²) in [6, 6.07) is 11.5. The fraction of sp³-hybridized carbons (Fsp3) is 0.105. The van der Waals surface area contributed by atoms with E-state index in [0.717, 1.165) is 11.8 Å². The Kier molecular flexibility index (Phi) is 5.46. The molecule has 27 heavy (non-hydrogen) atoms. The second kappa shape index (κ2) is 7.96. The summed E-state index contributed by atoms with van der Waals surface area (Å²) < 4.78 is 10.5. The third kappa shape index (κ3) is 4.29. The van der Waals surface area contributed by atoms with Gasteiger partial charge < -0.3 is 19.9 Å². The zero-order chi connectivity index (χ0) is 19.4. The van der Waals surface area contributed by atoms with Gasteiger partial charge in [0.1, 0.15) is 11.5 Å². The number of benzene rings is 2. The van der Waals surface area contributed by atoms with Gasteiger partial charge in [0.2, 0.25) is 0 Å². The molecule has 2 aromatic rings. The number of amides is 1. The highest BCUT2D eigenvalue weighted by Gasteiger charge is 2.24. The summed E-state index contributed by atoms with van der Waals surface area (Å²) in [5.74, 6) is -0.0782. The van der Waals surface area contributed by atoms with E-state index in [0.29, 0.717) is 32.8 Å². The number of aliphatic imine (C=N–C) groups is 1. The highest BCUT2D eigenvalue weighted by Crippen LogP contribution is 2.32. The smallest absolute Gasteiger partial charge is 0.335 e. The summed E-state index contributed by atoms with van der Waals surface area (Å²) in [4.78, 5) is 28.1. The molecule has 7 nitrogen and oxygen atoms in total. The molecule has 0 spiro atoms. The number of nitrogens with one attached hydrogen (secondary N) is 1. The van der Waals surface area contributed by atoms with Gasteiger partial charge in [-0.25, -0.2) is 9.79 Å². The van der Waals surface area contributed by atoms with Gasteiger partial charge in [0.25, 0.3) is 5.91 Å². The first-order valence-electron chi connectivity index (χ1n) is 7.85. The fourth-order valence-electron chi connectivity index (χ4n) is 2.40. The Balaban J connectivity index is 1.89. The number of ether oxygens (including phenoxy) is 2. The van der Waals surface area contributed by atoms with Gasteiger partial charge in [-0.15, -0.1) is 0 Å². The summed E-state index contributed by atoms with van der Waals surface area (Å²) in [5, 5.41) is 12.1. The van der Waals surface area contributed by atoms with Crippen LogP contribution in [0.4, 0.5) is 5.69 Å². The maximum atomic E-state index is 12.3. The predicted octanol–water partition coefficient (Wildman–Crippen LogP) is 3.29. The van der Waals surface area contributed by atoms with E-state index in [-0.39, 0.29) is 11.5 Å². The SMILES string of the molecule is COc1ccc(OC)c(/C=C2\SC(=Nc3cccc(C(=O)O)c3)NC2=O)c1. The first-order valence-corrected chi connectivity index (χ1v) is 8.67. The Morgan fingerprint density at radius 2 is 2.00 bits per heavy atom. The van der Waals surface area contributed by atoms with Gasteiger partial charge in [-0.3, -0.25) is 4.79 Å². The summed E-state index contributed by atoms with van der Waals surface area (Å²) in [6.45, 7) is 0. The minimum Gasteiger partial charge on any atom is -0.497 e. The molecule has 1 amide bonds. The molecule has 2 N–H and O–H groups in total. The summed E-state index contributed by atoms with van der Waals surface area (Å²) >= 11 is 1.16. The monoisotopic (exact) mass is 384 g/mol. The van der Waals surface area contributed by atoms with Crippen molar-refractivity contribution in [3.8, 4) is 11.5 Å². The Hall–Kier alpha value is -3.26. The number of thioether (sulfide) groups is 1. The van der Waals surface area contributed by atoms with E-state index in [1.54, 1.807) is 50.6 Å². The van der Waals surface area contributed by atoms with Gasteiger partial charge in [0.05, 0.1) is 30.4 Å². The number of carbonyl (C=O) groups excluding carboxylic acids is 1. The van der Waals surface area contributed by atoms with Crippen LogP contribution in [0, 0.1) is 0 Å². The molecule has 1 heterocycles. The van der Waals surface area contributed by atoms with E-state index in [4.69, 9.17) is 14.6 Å². The maximum absolute atomic E-state index is 12.3. The molecular weight excluding hydrogens is 368 g/mol. The van der Waals surface area contributed by atoms with E-state index in [1.807, 2.05) is 0 Å². The quantitative estimate of drug-likeness (QED) is 0.768. The Morgan fingerprint density at radius 1 is 1.19 bits per heavy atom. The van der Waals surface area contributed by atoms with Crippen molar-refractivity contribution in [3.63, 3.8) is 0 Å². The molecule has 3 rings (SSSR count).